The van der Waals surface area contributed by atoms with E-state index in [9.17, 15) is 27.2 Å². The lowest BCUT2D eigenvalue weighted by atomic mass is 10.0. The van der Waals surface area contributed by atoms with Crippen LogP contribution in [0, 0.1) is 47.6 Å². The number of urea groups is 1. The zero-order chi connectivity index (χ0) is 29.6. The third-order valence-corrected chi connectivity index (χ3v) is 6.69. The van der Waals surface area contributed by atoms with Crippen molar-refractivity contribution in [2.75, 3.05) is 16.0 Å². The van der Waals surface area contributed by atoms with Gasteiger partial charge in [0.25, 0.3) is 5.91 Å². The molecule has 0 atom stereocenters. The summed E-state index contributed by atoms with van der Waals surface area (Å²) in [5, 5.41) is 14.7. The highest BCUT2D eigenvalue weighted by atomic mass is 32.1. The van der Waals surface area contributed by atoms with Crippen LogP contribution in [0.5, 0.6) is 0 Å². The Morgan fingerprint density at radius 2 is 1.49 bits per heavy atom. The number of benzene rings is 3. The van der Waals surface area contributed by atoms with Gasteiger partial charge in [0, 0.05) is 16.6 Å². The van der Waals surface area contributed by atoms with E-state index in [4.69, 9.17) is 0 Å². The summed E-state index contributed by atoms with van der Waals surface area (Å²) in [5.41, 5.74) is -3.37. The van der Waals surface area contributed by atoms with E-state index in [1.165, 1.54) is 22.8 Å². The van der Waals surface area contributed by atoms with Crippen LogP contribution in [0.4, 0.5) is 52.7 Å². The first-order chi connectivity index (χ1) is 19.5. The number of hydrogen-bond donors (Lipinski definition) is 4. The van der Waals surface area contributed by atoms with Gasteiger partial charge in [-0.2, -0.15) is 16.4 Å². The second-order valence-corrected chi connectivity index (χ2v) is 9.30. The number of hydrogen-bond acceptors (Lipinski definition) is 4. The number of carbonyl (C=O) groups is 2. The van der Waals surface area contributed by atoms with Gasteiger partial charge < -0.3 is 16.0 Å². The van der Waals surface area contributed by atoms with Gasteiger partial charge in [-0.3, -0.25) is 9.89 Å². The fourth-order valence-electron chi connectivity index (χ4n) is 3.93. The minimum absolute atomic E-state index is 0.0475. The van der Waals surface area contributed by atoms with Crippen molar-refractivity contribution in [2.24, 2.45) is 0 Å². The quantitative estimate of drug-likeness (QED) is 0.0967. The SMILES string of the molecule is Cc1c(F)c(F)c(F)c(NC(=O)Nc2ccc(-c3c(F)c(F)c4c(NC(=O)c5ccsc5)n[nH]c4c3F)cc2)c1F. The highest BCUT2D eigenvalue weighted by Gasteiger charge is 2.27. The normalized spacial score (nSPS) is 11.1. The molecule has 2 heterocycles. The molecule has 15 heteroatoms. The number of nitrogens with one attached hydrogen (secondary N) is 4. The van der Waals surface area contributed by atoms with E-state index in [1.54, 1.807) is 10.7 Å². The lowest BCUT2D eigenvalue weighted by Gasteiger charge is -2.13. The predicted octanol–water partition coefficient (Wildman–Crippen LogP) is 7.47. The summed E-state index contributed by atoms with van der Waals surface area (Å²) in [7, 11) is 0. The Bertz CT molecular complexity index is 1810. The molecule has 0 spiro atoms. The number of aromatic nitrogens is 2. The minimum atomic E-state index is -1.98. The van der Waals surface area contributed by atoms with Crippen molar-refractivity contribution < 1.29 is 40.3 Å². The topological polar surface area (TPSA) is 98.9 Å². The van der Waals surface area contributed by atoms with Crippen molar-refractivity contribution in [1.82, 2.24) is 10.2 Å². The molecule has 3 amide bonds. The molecule has 7 nitrogen and oxygen atoms in total. The van der Waals surface area contributed by atoms with Gasteiger partial charge in [-0.05, 0) is 36.1 Å². The minimum Gasteiger partial charge on any atom is -0.308 e. The maximum atomic E-state index is 15.3. The van der Waals surface area contributed by atoms with E-state index in [2.05, 4.69) is 20.8 Å². The van der Waals surface area contributed by atoms with Crippen LogP contribution >= 0.6 is 11.3 Å². The van der Waals surface area contributed by atoms with Crippen LogP contribution < -0.4 is 16.0 Å². The Hall–Kier alpha value is -4.92. The second-order valence-electron chi connectivity index (χ2n) is 8.52. The van der Waals surface area contributed by atoms with E-state index in [-0.39, 0.29) is 16.8 Å². The molecule has 41 heavy (non-hydrogen) atoms. The van der Waals surface area contributed by atoms with E-state index in [0.29, 0.717) is 0 Å². The molecule has 0 saturated carbocycles. The summed E-state index contributed by atoms with van der Waals surface area (Å²) in [6.45, 7) is 0.846. The van der Waals surface area contributed by atoms with E-state index >= 15 is 13.2 Å². The molecule has 4 N–H and O–H groups in total. The van der Waals surface area contributed by atoms with Gasteiger partial charge in [0.1, 0.15) is 11.2 Å². The average Bonchev–Trinajstić information content (AvgIpc) is 3.64. The van der Waals surface area contributed by atoms with Gasteiger partial charge >= 0.3 is 6.03 Å². The highest BCUT2D eigenvalue weighted by Crippen LogP contribution is 2.37. The molecule has 210 valence electrons. The molecule has 0 saturated heterocycles. The van der Waals surface area contributed by atoms with Gasteiger partial charge in [0.15, 0.2) is 46.5 Å². The van der Waals surface area contributed by atoms with Crippen molar-refractivity contribution in [3.05, 3.63) is 92.9 Å². The lowest BCUT2D eigenvalue weighted by molar-refractivity contribution is 0.102. The van der Waals surface area contributed by atoms with Crippen LogP contribution in [0.2, 0.25) is 0 Å². The molecular formula is C26H14F7N5O2S. The Balaban J connectivity index is 1.39. The van der Waals surface area contributed by atoms with Crippen LogP contribution in [-0.4, -0.2) is 22.1 Å². The van der Waals surface area contributed by atoms with Crippen LogP contribution in [0.1, 0.15) is 15.9 Å². The molecule has 0 radical (unpaired) electrons. The first kappa shape index (κ1) is 27.6. The van der Waals surface area contributed by atoms with E-state index < -0.39 is 86.2 Å². The average molecular weight is 593 g/mol. The predicted molar refractivity (Wildman–Crippen MR) is 137 cm³/mol. The molecule has 2 aromatic heterocycles. The number of halogens is 7. The maximum absolute atomic E-state index is 15.3. The third kappa shape index (κ3) is 4.84. The first-order valence-corrected chi connectivity index (χ1v) is 12.3. The number of rotatable bonds is 5. The van der Waals surface area contributed by atoms with Crippen molar-refractivity contribution in [3.8, 4) is 11.1 Å². The van der Waals surface area contributed by atoms with Crippen molar-refractivity contribution in [3.63, 3.8) is 0 Å². The highest BCUT2D eigenvalue weighted by molar-refractivity contribution is 7.08. The lowest BCUT2D eigenvalue weighted by Crippen LogP contribution is -2.22. The summed E-state index contributed by atoms with van der Waals surface area (Å²) in [4.78, 5) is 24.5. The van der Waals surface area contributed by atoms with Crippen LogP contribution in [0.3, 0.4) is 0 Å². The molecule has 5 aromatic rings. The zero-order valence-corrected chi connectivity index (χ0v) is 21.2. The Labute approximate surface area is 229 Å². The van der Waals surface area contributed by atoms with Crippen LogP contribution in [-0.2, 0) is 0 Å². The number of H-pyrrole nitrogens is 1. The fraction of sp³-hybridized carbons (Fsp3) is 0.0385. The number of nitrogens with zero attached hydrogens (tertiary/aromatic N) is 1. The summed E-state index contributed by atoms with van der Waals surface area (Å²) in [6, 6.07) is 4.74. The zero-order valence-electron chi connectivity index (χ0n) is 20.4. The fourth-order valence-corrected chi connectivity index (χ4v) is 4.57. The third-order valence-electron chi connectivity index (χ3n) is 6.01. The molecular weight excluding hydrogens is 579 g/mol. The number of aromatic amines is 1. The molecule has 0 bridgehead atoms. The molecule has 3 aromatic carbocycles. The summed E-state index contributed by atoms with van der Waals surface area (Å²) in [6.07, 6.45) is 0. The Morgan fingerprint density at radius 1 is 0.780 bits per heavy atom. The molecule has 0 aliphatic rings. The van der Waals surface area contributed by atoms with Crippen LogP contribution in [0.25, 0.3) is 22.0 Å². The maximum Gasteiger partial charge on any atom is 0.323 e. The Morgan fingerprint density at radius 3 is 2.15 bits per heavy atom. The van der Waals surface area contributed by atoms with Crippen molar-refractivity contribution in [2.45, 2.75) is 6.92 Å². The molecule has 0 aliphatic carbocycles. The second kappa shape index (κ2) is 10.6. The monoisotopic (exact) mass is 593 g/mol. The number of anilines is 3. The van der Waals surface area contributed by atoms with Gasteiger partial charge in [0.05, 0.1) is 16.5 Å². The smallest absolute Gasteiger partial charge is 0.308 e. The molecule has 0 aliphatic heterocycles. The van der Waals surface area contributed by atoms with Gasteiger partial charge in [-0.1, -0.05) is 12.1 Å². The first-order valence-electron chi connectivity index (χ1n) is 11.4. The molecule has 5 rings (SSSR count). The number of thiophene rings is 1. The van der Waals surface area contributed by atoms with Gasteiger partial charge in [-0.15, -0.1) is 0 Å². The van der Waals surface area contributed by atoms with Crippen molar-refractivity contribution >= 4 is 51.4 Å². The van der Waals surface area contributed by atoms with E-state index in [1.807, 2.05) is 0 Å². The molecule has 0 unspecified atom stereocenters. The van der Waals surface area contributed by atoms with E-state index in [0.717, 1.165) is 31.2 Å². The summed E-state index contributed by atoms with van der Waals surface area (Å²) < 4.78 is 101. The Kier molecular flexibility index (Phi) is 7.13. The van der Waals surface area contributed by atoms with Gasteiger partial charge in [0.2, 0.25) is 0 Å². The standard InChI is InChI=1S/C26H14F7N5O2S/c1-9-15(27)20(32)21(33)23(16(9)28)35-26(40)34-12-4-2-10(3-5-12)13-17(29)18(30)14-22(19(13)31)37-38-24(14)36-25(39)11-6-7-41-8-11/h2-8H,1H3,(H2,34,35,40)(H2,36,37,38,39). The van der Waals surface area contributed by atoms with Crippen molar-refractivity contribution in [1.29, 1.82) is 0 Å². The number of carbonyl (C=O) groups excluding carboxylic acids is 2. The number of amides is 3. The number of fused-ring (bicyclic) bond motifs is 1. The summed E-state index contributed by atoms with van der Waals surface area (Å²) in [5.74, 6) is -12.6. The largest absolute Gasteiger partial charge is 0.323 e. The molecule has 0 fully saturated rings. The summed E-state index contributed by atoms with van der Waals surface area (Å²) >= 11 is 1.23. The van der Waals surface area contributed by atoms with Gasteiger partial charge in [-0.25, -0.2) is 35.5 Å². The van der Waals surface area contributed by atoms with Crippen LogP contribution in [0.15, 0.2) is 41.1 Å².